The normalized spacial score (nSPS) is 21.3. The Hall–Kier alpha value is -3.53. The summed E-state index contributed by atoms with van der Waals surface area (Å²) in [4.78, 5) is 29.1. The van der Waals surface area contributed by atoms with E-state index in [9.17, 15) is 9.90 Å². The van der Waals surface area contributed by atoms with E-state index in [0.29, 0.717) is 43.9 Å². The van der Waals surface area contributed by atoms with Gasteiger partial charge < -0.3 is 19.5 Å². The number of aromatic nitrogens is 2. The van der Waals surface area contributed by atoms with Crippen LogP contribution in [0.1, 0.15) is 54.1 Å². The number of ether oxygens (including phenoxy) is 2. The zero-order valence-electron chi connectivity index (χ0n) is 24.6. The number of hydrogen-bond donors (Lipinski definition) is 1. The molecule has 0 radical (unpaired) electrons. The highest BCUT2D eigenvalue weighted by Crippen LogP contribution is 2.41. The minimum Gasteiger partial charge on any atom is -0.481 e. The number of rotatable bonds is 10. The van der Waals surface area contributed by atoms with Crippen molar-refractivity contribution in [1.29, 1.82) is 0 Å². The molecule has 0 unspecified atom stereocenters. The zero-order valence-corrected chi connectivity index (χ0v) is 24.6. The second kappa shape index (κ2) is 12.8. The first-order valence-electron chi connectivity index (χ1n) is 15.1. The topological polar surface area (TPSA) is 91.3 Å². The largest absolute Gasteiger partial charge is 0.481 e. The van der Waals surface area contributed by atoms with Crippen LogP contribution in [-0.4, -0.2) is 101 Å². The van der Waals surface area contributed by atoms with Crippen molar-refractivity contribution in [3.63, 3.8) is 0 Å². The summed E-state index contributed by atoms with van der Waals surface area (Å²) in [5.74, 6) is 2.30. The molecule has 0 spiro atoms. The molecule has 1 saturated carbocycles. The van der Waals surface area contributed by atoms with Crippen molar-refractivity contribution in [3.8, 4) is 11.8 Å². The van der Waals surface area contributed by atoms with Crippen LogP contribution in [0.15, 0.2) is 60.7 Å². The summed E-state index contributed by atoms with van der Waals surface area (Å²) in [7, 11) is 1.67. The number of hydrogen-bond acceptors (Lipinski definition) is 8. The fourth-order valence-electron chi connectivity index (χ4n) is 6.69. The van der Waals surface area contributed by atoms with Gasteiger partial charge in [0, 0.05) is 63.2 Å². The van der Waals surface area contributed by atoms with Crippen molar-refractivity contribution >= 4 is 5.91 Å². The van der Waals surface area contributed by atoms with Crippen LogP contribution < -0.4 is 9.47 Å². The van der Waals surface area contributed by atoms with E-state index in [0.717, 1.165) is 43.9 Å². The molecule has 2 saturated heterocycles. The number of carbonyl (C=O) groups is 1. The Bertz CT molecular complexity index is 1310. The molecule has 1 N–H and O–H groups in total. The SMILES string of the molecule is CCOc1nc(C2CC2)nc(OC)c1CN1C[C@@H]2CN(C(=O)CO)CCN2[C@H](C(c2ccccc2)c2ccccc2)C1. The molecule has 2 aliphatic heterocycles. The number of aliphatic hydroxyl groups excluding tert-OH is 1. The summed E-state index contributed by atoms with van der Waals surface area (Å²) in [6.07, 6.45) is 2.20. The average molecular weight is 572 g/mol. The Kier molecular flexibility index (Phi) is 8.69. The molecule has 222 valence electrons. The highest BCUT2D eigenvalue weighted by atomic mass is 16.5. The number of piperazine rings is 2. The van der Waals surface area contributed by atoms with E-state index in [1.807, 2.05) is 11.8 Å². The summed E-state index contributed by atoms with van der Waals surface area (Å²) < 4.78 is 11.9. The van der Waals surface area contributed by atoms with Crippen molar-refractivity contribution in [2.45, 2.75) is 50.2 Å². The molecule has 9 nitrogen and oxygen atoms in total. The molecule has 2 aromatic carbocycles. The molecule has 3 heterocycles. The van der Waals surface area contributed by atoms with Crippen LogP contribution in [0, 0.1) is 0 Å². The predicted molar refractivity (Wildman–Crippen MR) is 160 cm³/mol. The van der Waals surface area contributed by atoms with E-state index < -0.39 is 6.61 Å². The molecule has 1 amide bonds. The quantitative estimate of drug-likeness (QED) is 0.397. The van der Waals surface area contributed by atoms with Crippen LogP contribution in [-0.2, 0) is 11.3 Å². The lowest BCUT2D eigenvalue weighted by Gasteiger charge is -2.53. The number of carbonyl (C=O) groups excluding carboxylic acids is 1. The van der Waals surface area contributed by atoms with Gasteiger partial charge in [0.25, 0.3) is 0 Å². The first-order valence-corrected chi connectivity index (χ1v) is 15.1. The lowest BCUT2D eigenvalue weighted by atomic mass is 9.81. The number of benzene rings is 2. The van der Waals surface area contributed by atoms with Crippen molar-refractivity contribution in [2.75, 3.05) is 53.0 Å². The van der Waals surface area contributed by atoms with Gasteiger partial charge in [0.1, 0.15) is 12.4 Å². The molecule has 3 aliphatic rings. The van der Waals surface area contributed by atoms with Gasteiger partial charge in [-0.05, 0) is 30.9 Å². The van der Waals surface area contributed by atoms with Crippen LogP contribution >= 0.6 is 0 Å². The molecule has 1 aliphatic carbocycles. The van der Waals surface area contributed by atoms with Gasteiger partial charge in [0.15, 0.2) is 0 Å². The van der Waals surface area contributed by atoms with Gasteiger partial charge in [-0.1, -0.05) is 60.7 Å². The van der Waals surface area contributed by atoms with Crippen molar-refractivity contribution in [2.24, 2.45) is 0 Å². The van der Waals surface area contributed by atoms with Crippen molar-refractivity contribution in [3.05, 3.63) is 83.2 Å². The molecule has 42 heavy (non-hydrogen) atoms. The summed E-state index contributed by atoms with van der Waals surface area (Å²) >= 11 is 0. The van der Waals surface area contributed by atoms with Gasteiger partial charge in [0.2, 0.25) is 17.7 Å². The van der Waals surface area contributed by atoms with Gasteiger partial charge >= 0.3 is 0 Å². The number of amides is 1. The van der Waals surface area contributed by atoms with Crippen molar-refractivity contribution in [1.82, 2.24) is 24.7 Å². The van der Waals surface area contributed by atoms with Crippen molar-refractivity contribution < 1.29 is 19.4 Å². The molecule has 3 fully saturated rings. The van der Waals surface area contributed by atoms with Crippen LogP contribution in [0.25, 0.3) is 0 Å². The summed E-state index contributed by atoms with van der Waals surface area (Å²) in [6, 6.07) is 21.7. The third-order valence-corrected chi connectivity index (χ3v) is 8.81. The smallest absolute Gasteiger partial charge is 0.248 e. The van der Waals surface area contributed by atoms with Gasteiger partial charge in [-0.2, -0.15) is 9.97 Å². The maximum atomic E-state index is 12.6. The number of fused-ring (bicyclic) bond motifs is 1. The highest BCUT2D eigenvalue weighted by Gasteiger charge is 2.43. The maximum absolute atomic E-state index is 12.6. The molecule has 2 atom stereocenters. The van der Waals surface area contributed by atoms with E-state index in [-0.39, 0.29) is 23.9 Å². The highest BCUT2D eigenvalue weighted by molar-refractivity contribution is 5.77. The number of aliphatic hydroxyl groups is 1. The van der Waals surface area contributed by atoms with Gasteiger partial charge in [-0.25, -0.2) is 0 Å². The predicted octanol–water partition coefficient (Wildman–Crippen LogP) is 3.28. The maximum Gasteiger partial charge on any atom is 0.248 e. The van der Waals surface area contributed by atoms with E-state index in [2.05, 4.69) is 70.5 Å². The monoisotopic (exact) mass is 571 g/mol. The summed E-state index contributed by atoms with van der Waals surface area (Å²) in [5.41, 5.74) is 3.41. The lowest BCUT2D eigenvalue weighted by molar-refractivity contribution is -0.139. The minimum atomic E-state index is -0.462. The number of methoxy groups -OCH3 is 1. The minimum absolute atomic E-state index is 0.108. The third kappa shape index (κ3) is 6.00. The molecular formula is C33H41N5O4. The first kappa shape index (κ1) is 28.6. The van der Waals surface area contributed by atoms with Crippen LogP contribution in [0.4, 0.5) is 0 Å². The van der Waals surface area contributed by atoms with Crippen LogP contribution in [0.5, 0.6) is 11.8 Å². The fourth-order valence-corrected chi connectivity index (χ4v) is 6.69. The Labute approximate surface area is 248 Å². The van der Waals surface area contributed by atoms with Gasteiger partial charge in [-0.15, -0.1) is 0 Å². The second-order valence-electron chi connectivity index (χ2n) is 11.5. The van der Waals surface area contributed by atoms with Gasteiger partial charge in [0.05, 0.1) is 19.3 Å². The molecular weight excluding hydrogens is 530 g/mol. The summed E-state index contributed by atoms with van der Waals surface area (Å²) in [5, 5.41) is 9.62. The first-order chi connectivity index (χ1) is 20.6. The second-order valence-corrected chi connectivity index (χ2v) is 11.5. The number of nitrogens with zero attached hydrogens (tertiary/aromatic N) is 5. The Morgan fingerprint density at radius 1 is 0.952 bits per heavy atom. The third-order valence-electron chi connectivity index (χ3n) is 8.81. The van der Waals surface area contributed by atoms with E-state index >= 15 is 0 Å². The summed E-state index contributed by atoms with van der Waals surface area (Å²) in [6.45, 7) is 6.14. The molecule has 1 aromatic heterocycles. The van der Waals surface area contributed by atoms with Gasteiger partial charge in [-0.3, -0.25) is 14.6 Å². The molecule has 3 aromatic rings. The molecule has 6 rings (SSSR count). The standard InChI is InChI=1S/C33H41N5O4/c1-3-42-33-27(32(41-2)34-31(35-33)25-14-15-25)20-36-18-26-19-37(29(40)22-39)16-17-38(26)28(21-36)30(23-10-6-4-7-11-23)24-12-8-5-9-13-24/h4-13,25-26,28,30,39H,3,14-22H2,1-2H3/t26-,28+/m1/s1. The van der Waals surface area contributed by atoms with E-state index in [1.165, 1.54) is 11.1 Å². The van der Waals surface area contributed by atoms with Crippen LogP contribution in [0.2, 0.25) is 0 Å². The Morgan fingerprint density at radius 3 is 2.21 bits per heavy atom. The Balaban J connectivity index is 1.37. The van der Waals surface area contributed by atoms with E-state index in [4.69, 9.17) is 19.4 Å². The fraction of sp³-hybridized carbons (Fsp3) is 0.485. The zero-order chi connectivity index (χ0) is 29.1. The van der Waals surface area contributed by atoms with E-state index in [1.54, 1.807) is 7.11 Å². The van der Waals surface area contributed by atoms with Crippen LogP contribution in [0.3, 0.4) is 0 Å². The molecule has 9 heteroatoms. The Morgan fingerprint density at radius 2 is 1.62 bits per heavy atom. The lowest BCUT2D eigenvalue weighted by Crippen LogP contribution is -2.67. The average Bonchev–Trinajstić information content (AvgIpc) is 3.88. The molecule has 0 bridgehead atoms.